The van der Waals surface area contributed by atoms with Crippen LogP contribution < -0.4 is 14.7 Å². The minimum Gasteiger partial charge on any atom is -0.466 e. The van der Waals surface area contributed by atoms with E-state index in [1.54, 1.807) is 41.7 Å². The molecule has 9 nitrogen and oxygen atoms in total. The Morgan fingerprint density at radius 2 is 1.86 bits per heavy atom. The van der Waals surface area contributed by atoms with Crippen molar-refractivity contribution in [1.82, 2.24) is 19.0 Å². The van der Waals surface area contributed by atoms with Gasteiger partial charge in [-0.05, 0) is 82.2 Å². The number of benzene rings is 2. The van der Waals surface area contributed by atoms with E-state index in [4.69, 9.17) is 9.47 Å². The van der Waals surface area contributed by atoms with E-state index >= 15 is 0 Å². The van der Waals surface area contributed by atoms with Crippen LogP contribution in [0.25, 0.3) is 10.9 Å². The van der Waals surface area contributed by atoms with Gasteiger partial charge >= 0.3 is 24.5 Å². The molecule has 0 spiro atoms. The quantitative estimate of drug-likeness (QED) is 0.301. The molecule has 2 aliphatic heterocycles. The average Bonchev–Trinajstić information content (AvgIpc) is 3.39. The second-order valence-corrected chi connectivity index (χ2v) is 10.9. The van der Waals surface area contributed by atoms with E-state index in [9.17, 15) is 22.8 Å². The third-order valence-corrected chi connectivity index (χ3v) is 7.69. The Balaban J connectivity index is 1.23. The van der Waals surface area contributed by atoms with Crippen LogP contribution in [0.4, 0.5) is 23.7 Å². The van der Waals surface area contributed by atoms with E-state index < -0.39 is 23.2 Å². The summed E-state index contributed by atoms with van der Waals surface area (Å²) in [5, 5.41) is 3.24. The lowest BCUT2D eigenvalue weighted by Gasteiger charge is -2.36. The van der Waals surface area contributed by atoms with E-state index in [0.29, 0.717) is 48.5 Å². The second kappa shape index (κ2) is 12.0. The number of rotatable bonds is 7. The minimum absolute atomic E-state index is 0.0418. The summed E-state index contributed by atoms with van der Waals surface area (Å²) in [5.41, 5.74) is 0.126. The van der Waals surface area contributed by atoms with Crippen LogP contribution in [0, 0.1) is 5.41 Å². The summed E-state index contributed by atoms with van der Waals surface area (Å²) < 4.78 is 56.5. The Labute approximate surface area is 246 Å². The van der Waals surface area contributed by atoms with Crippen molar-refractivity contribution < 1.29 is 32.2 Å². The van der Waals surface area contributed by atoms with Gasteiger partial charge in [-0.1, -0.05) is 6.07 Å². The smallest absolute Gasteiger partial charge is 0.416 e. The summed E-state index contributed by atoms with van der Waals surface area (Å²) in [7, 11) is 1.82. The number of anilines is 1. The Kier molecular flexibility index (Phi) is 8.34. The number of aromatic nitrogens is 1. The highest BCUT2D eigenvalue weighted by atomic mass is 19.4. The van der Waals surface area contributed by atoms with Crippen LogP contribution in [0.1, 0.15) is 32.3 Å². The van der Waals surface area contributed by atoms with Crippen LogP contribution in [0.5, 0.6) is 5.75 Å². The van der Waals surface area contributed by atoms with Crippen molar-refractivity contribution in [3.8, 4) is 5.75 Å². The molecule has 1 fully saturated rings. The van der Waals surface area contributed by atoms with E-state index in [2.05, 4.69) is 14.9 Å². The van der Waals surface area contributed by atoms with Gasteiger partial charge in [0, 0.05) is 17.3 Å². The topological polar surface area (TPSA) is 90.1 Å². The fourth-order valence-corrected chi connectivity index (χ4v) is 5.07. The molecule has 3 heterocycles. The largest absolute Gasteiger partial charge is 0.466 e. The molecule has 1 aromatic heterocycles. The highest BCUT2D eigenvalue weighted by Crippen LogP contribution is 2.33. The lowest BCUT2D eigenvalue weighted by atomic mass is 9.80. The van der Waals surface area contributed by atoms with Gasteiger partial charge in [0.1, 0.15) is 5.75 Å². The van der Waals surface area contributed by atoms with Crippen LogP contribution in [0.15, 0.2) is 66.7 Å². The number of carbonyl (C=O) groups is 2. The molecular weight excluding hydrogens is 563 g/mol. The van der Waals surface area contributed by atoms with Gasteiger partial charge in [0.25, 0.3) is 5.88 Å². The summed E-state index contributed by atoms with van der Waals surface area (Å²) in [4.78, 5) is 29.2. The molecule has 0 atom stereocenters. The molecule has 2 aromatic carbocycles. The summed E-state index contributed by atoms with van der Waals surface area (Å²) in [6.07, 6.45) is 2.03. The maximum absolute atomic E-state index is 13.1. The van der Waals surface area contributed by atoms with Gasteiger partial charge in [-0.2, -0.15) is 18.1 Å². The molecule has 43 heavy (non-hydrogen) atoms. The number of nitrogens with zero attached hydrogens (tertiary/aromatic N) is 4. The Morgan fingerprint density at radius 1 is 1.09 bits per heavy atom. The number of alkyl halides is 3. The van der Waals surface area contributed by atoms with Gasteiger partial charge in [-0.15, -0.1) is 0 Å². The summed E-state index contributed by atoms with van der Waals surface area (Å²) in [6.45, 7) is 6.27. The average molecular weight is 597 g/mol. The number of nitrogens with one attached hydrogen (secondary N) is 1. The normalized spacial score (nSPS) is 16.9. The van der Waals surface area contributed by atoms with E-state index in [1.165, 1.54) is 16.7 Å². The zero-order valence-electron chi connectivity index (χ0n) is 24.1. The van der Waals surface area contributed by atoms with Crippen molar-refractivity contribution in [2.45, 2.75) is 32.9 Å². The molecule has 1 N–H and O–H groups in total. The first kappa shape index (κ1) is 29.9. The number of ether oxygens (including phenoxy) is 2. The molecule has 0 bridgehead atoms. The first-order chi connectivity index (χ1) is 20.4. The number of likely N-dealkylation sites (tertiary alicyclic amines) is 1. The number of amides is 1. The van der Waals surface area contributed by atoms with Crippen molar-refractivity contribution in [3.05, 3.63) is 72.3 Å². The molecule has 0 radical (unpaired) electrons. The fourth-order valence-electron chi connectivity index (χ4n) is 5.07. The van der Waals surface area contributed by atoms with Crippen molar-refractivity contribution >= 4 is 40.6 Å². The molecule has 12 heteroatoms. The molecule has 1 saturated heterocycles. The standard InChI is InChI=1S/C31H32F3N5O4/c1-4-42-28(40)30(2)11-14-38(15-12-30)19-24-18-27(37(3)20-35-24)43-25-8-9-26-21(16-25)10-13-39(26)29(41)36-23-7-5-6-22(17-23)31(32,33)34/h5-10,13,16-18,20H,4,11-12,14-15,19H2,1-3H3/p+1. The second-order valence-electron chi connectivity index (χ2n) is 10.9. The zero-order valence-corrected chi connectivity index (χ0v) is 24.1. The van der Waals surface area contributed by atoms with E-state index in [-0.39, 0.29) is 11.7 Å². The van der Waals surface area contributed by atoms with Gasteiger partial charge in [-0.25, -0.2) is 9.46 Å². The monoisotopic (exact) mass is 596 g/mol. The maximum atomic E-state index is 13.1. The number of piperidine rings is 1. The molecule has 0 aliphatic carbocycles. The number of fused-ring (bicyclic) bond motifs is 1. The highest BCUT2D eigenvalue weighted by molar-refractivity contribution is 6.00. The molecule has 226 valence electrons. The van der Waals surface area contributed by atoms with Gasteiger partial charge in [-0.3, -0.25) is 14.3 Å². The molecule has 3 aromatic rings. The lowest BCUT2D eigenvalue weighted by Crippen LogP contribution is -2.45. The van der Waals surface area contributed by atoms with Crippen LogP contribution in [0.3, 0.4) is 0 Å². The minimum atomic E-state index is -4.51. The van der Waals surface area contributed by atoms with Crippen LogP contribution >= 0.6 is 0 Å². The van der Waals surface area contributed by atoms with Crippen molar-refractivity contribution in [1.29, 1.82) is 0 Å². The lowest BCUT2D eigenvalue weighted by molar-refractivity contribution is -0.157. The van der Waals surface area contributed by atoms with Gasteiger partial charge in [0.15, 0.2) is 0 Å². The molecule has 5 rings (SSSR count). The predicted molar refractivity (Wildman–Crippen MR) is 158 cm³/mol. The molecular formula is C31H33F3N5O4+. The first-order valence-corrected chi connectivity index (χ1v) is 14.0. The zero-order chi connectivity index (χ0) is 30.8. The van der Waals surface area contributed by atoms with Crippen molar-refractivity contribution in [3.63, 3.8) is 0 Å². The predicted octanol–water partition coefficient (Wildman–Crippen LogP) is 5.11. The third-order valence-electron chi connectivity index (χ3n) is 7.69. The number of esters is 1. The number of hydrogen-bond acceptors (Lipinski definition) is 6. The molecule has 0 saturated carbocycles. The van der Waals surface area contributed by atoms with Crippen LogP contribution in [-0.4, -0.2) is 71.7 Å². The Morgan fingerprint density at radius 3 is 2.58 bits per heavy atom. The maximum Gasteiger partial charge on any atom is 0.416 e. The van der Waals surface area contributed by atoms with Gasteiger partial charge in [0.05, 0.1) is 42.8 Å². The van der Waals surface area contributed by atoms with Gasteiger partial charge < -0.3 is 14.8 Å². The van der Waals surface area contributed by atoms with Gasteiger partial charge in [0.2, 0.25) is 5.71 Å². The van der Waals surface area contributed by atoms with Crippen LogP contribution in [-0.2, 0) is 15.7 Å². The van der Waals surface area contributed by atoms with E-state index in [1.807, 2.05) is 27.0 Å². The number of halogens is 3. The molecule has 1 amide bonds. The molecule has 0 unspecified atom stereocenters. The van der Waals surface area contributed by atoms with Crippen molar-refractivity contribution in [2.24, 2.45) is 5.41 Å². The SMILES string of the molecule is CCOC(=O)C1(C)CCN(CC2=[N+]=CN(C)C(Oc3ccc4c(ccn4C(=O)Nc4cccc(C(F)(F)F)c4)c3)=C2)CC1. The summed E-state index contributed by atoms with van der Waals surface area (Å²) in [5.74, 6) is 0.970. The fraction of sp³-hybridized carbons (Fsp3) is 0.355. The third kappa shape index (κ3) is 6.76. The Bertz CT molecular complexity index is 1630. The van der Waals surface area contributed by atoms with E-state index in [0.717, 1.165) is 30.9 Å². The Hall–Kier alpha value is -4.54. The number of hydrogen-bond donors (Lipinski definition) is 1. The number of carbonyl (C=O) groups excluding carboxylic acids is 2. The summed E-state index contributed by atoms with van der Waals surface area (Å²) in [6, 6.07) is 10.8. The first-order valence-electron chi connectivity index (χ1n) is 14.0. The van der Waals surface area contributed by atoms with Crippen LogP contribution in [0.2, 0.25) is 0 Å². The van der Waals surface area contributed by atoms with Crippen molar-refractivity contribution in [2.75, 3.05) is 38.6 Å². The summed E-state index contributed by atoms with van der Waals surface area (Å²) >= 11 is 0. The molecule has 2 aliphatic rings. The highest BCUT2D eigenvalue weighted by Gasteiger charge is 2.38.